The summed E-state index contributed by atoms with van der Waals surface area (Å²) >= 11 is 0. The molecule has 0 aliphatic carbocycles. The smallest absolute Gasteiger partial charge is 0.219 e. The van der Waals surface area contributed by atoms with Crippen LogP contribution < -0.4 is 10.1 Å². The van der Waals surface area contributed by atoms with Gasteiger partial charge in [-0.25, -0.2) is 4.99 Å². The first-order valence-corrected chi connectivity index (χ1v) is 9.02. The molecule has 2 rings (SSSR count). The van der Waals surface area contributed by atoms with Crippen molar-refractivity contribution >= 4 is 35.8 Å². The van der Waals surface area contributed by atoms with Gasteiger partial charge in [0.1, 0.15) is 11.9 Å². The predicted molar refractivity (Wildman–Crippen MR) is 116 cm³/mol. The van der Waals surface area contributed by atoms with Gasteiger partial charge in [-0.3, -0.25) is 4.79 Å². The van der Waals surface area contributed by atoms with Crippen LogP contribution in [0.1, 0.15) is 26.3 Å². The van der Waals surface area contributed by atoms with Crippen LogP contribution in [-0.2, 0) is 4.79 Å². The molecule has 0 saturated carbocycles. The van der Waals surface area contributed by atoms with Crippen molar-refractivity contribution in [2.75, 3.05) is 39.3 Å². The van der Waals surface area contributed by atoms with Crippen LogP contribution >= 0.6 is 24.0 Å². The summed E-state index contributed by atoms with van der Waals surface area (Å²) in [5.41, 5.74) is 1.13. The number of benzene rings is 1. The van der Waals surface area contributed by atoms with E-state index in [9.17, 15) is 4.79 Å². The number of aliphatic imine (C=N–C) groups is 1. The molecular weight excluding hydrogens is 443 g/mol. The maximum absolute atomic E-state index is 11.5. The van der Waals surface area contributed by atoms with Crippen molar-refractivity contribution in [3.8, 4) is 5.75 Å². The molecule has 0 spiro atoms. The van der Waals surface area contributed by atoms with Crippen LogP contribution in [0, 0.1) is 6.92 Å². The molecule has 1 aliphatic rings. The van der Waals surface area contributed by atoms with Crippen LogP contribution in [0.15, 0.2) is 29.3 Å². The Morgan fingerprint density at radius 1 is 1.23 bits per heavy atom. The third kappa shape index (κ3) is 6.66. The average Bonchev–Trinajstić information content (AvgIpc) is 2.60. The molecule has 146 valence electrons. The molecule has 1 unspecified atom stereocenters. The van der Waals surface area contributed by atoms with Crippen molar-refractivity contribution in [2.45, 2.75) is 33.8 Å². The molecule has 1 aromatic carbocycles. The van der Waals surface area contributed by atoms with E-state index in [0.717, 1.165) is 50.0 Å². The molecule has 1 amide bonds. The second-order valence-corrected chi connectivity index (χ2v) is 6.38. The topological polar surface area (TPSA) is 57.2 Å². The zero-order valence-electron chi connectivity index (χ0n) is 16.2. The van der Waals surface area contributed by atoms with Crippen LogP contribution in [0.3, 0.4) is 0 Å². The van der Waals surface area contributed by atoms with Crippen molar-refractivity contribution < 1.29 is 9.53 Å². The molecule has 1 N–H and O–H groups in total. The number of nitrogens with zero attached hydrogens (tertiary/aromatic N) is 3. The number of aryl methyl sites for hydroxylation is 1. The highest BCUT2D eigenvalue weighted by Crippen LogP contribution is 2.17. The van der Waals surface area contributed by atoms with Gasteiger partial charge >= 0.3 is 0 Å². The van der Waals surface area contributed by atoms with E-state index in [0.29, 0.717) is 6.54 Å². The van der Waals surface area contributed by atoms with Gasteiger partial charge in [0.05, 0.1) is 6.54 Å². The molecule has 7 heteroatoms. The minimum absolute atomic E-state index is 0. The monoisotopic (exact) mass is 474 g/mol. The third-order valence-corrected chi connectivity index (χ3v) is 4.28. The Morgan fingerprint density at radius 2 is 1.85 bits per heavy atom. The van der Waals surface area contributed by atoms with E-state index < -0.39 is 0 Å². The Hall–Kier alpha value is -1.51. The zero-order valence-corrected chi connectivity index (χ0v) is 18.5. The van der Waals surface area contributed by atoms with Gasteiger partial charge < -0.3 is 19.9 Å². The number of rotatable bonds is 5. The molecule has 0 bridgehead atoms. The number of amides is 1. The molecule has 1 heterocycles. The summed E-state index contributed by atoms with van der Waals surface area (Å²) in [6.45, 7) is 12.3. The van der Waals surface area contributed by atoms with E-state index in [2.05, 4.69) is 17.1 Å². The Kier molecular flexibility index (Phi) is 9.75. The molecular formula is C19H31IN4O2. The van der Waals surface area contributed by atoms with E-state index >= 15 is 0 Å². The van der Waals surface area contributed by atoms with Crippen molar-refractivity contribution in [1.82, 2.24) is 15.1 Å². The fourth-order valence-electron chi connectivity index (χ4n) is 2.82. The minimum atomic E-state index is -0.00624. The summed E-state index contributed by atoms with van der Waals surface area (Å²) in [6, 6.07) is 8.03. The number of carbonyl (C=O) groups is 1. The second kappa shape index (κ2) is 11.3. The number of ether oxygens (including phenoxy) is 1. The number of para-hydroxylation sites is 1. The summed E-state index contributed by atoms with van der Waals surface area (Å²) in [4.78, 5) is 20.3. The minimum Gasteiger partial charge on any atom is -0.489 e. The summed E-state index contributed by atoms with van der Waals surface area (Å²) in [5.74, 6) is 1.94. The van der Waals surface area contributed by atoms with Gasteiger partial charge in [0.25, 0.3) is 0 Å². The average molecular weight is 474 g/mol. The first-order chi connectivity index (χ1) is 12.0. The quantitative estimate of drug-likeness (QED) is 0.405. The number of nitrogens with one attached hydrogen (secondary N) is 1. The SMILES string of the molecule is CCNC(=NCC(C)Oc1ccccc1C)N1CCN(C(C)=O)CC1.I. The van der Waals surface area contributed by atoms with Gasteiger partial charge in [0.2, 0.25) is 5.91 Å². The molecule has 1 aliphatic heterocycles. The highest BCUT2D eigenvalue weighted by molar-refractivity contribution is 14.0. The van der Waals surface area contributed by atoms with Gasteiger partial charge in [0, 0.05) is 39.6 Å². The van der Waals surface area contributed by atoms with E-state index in [1.165, 1.54) is 0 Å². The Morgan fingerprint density at radius 3 is 2.42 bits per heavy atom. The molecule has 1 aromatic rings. The molecule has 1 fully saturated rings. The lowest BCUT2D eigenvalue weighted by atomic mass is 10.2. The fourth-order valence-corrected chi connectivity index (χ4v) is 2.82. The normalized spacial score (nSPS) is 15.9. The van der Waals surface area contributed by atoms with Crippen molar-refractivity contribution in [3.05, 3.63) is 29.8 Å². The summed E-state index contributed by atoms with van der Waals surface area (Å²) < 4.78 is 6.00. The number of halogens is 1. The lowest BCUT2D eigenvalue weighted by Gasteiger charge is -2.36. The van der Waals surface area contributed by atoms with Gasteiger partial charge in [0.15, 0.2) is 5.96 Å². The molecule has 1 saturated heterocycles. The highest BCUT2D eigenvalue weighted by atomic mass is 127. The number of carbonyl (C=O) groups excluding carboxylic acids is 1. The second-order valence-electron chi connectivity index (χ2n) is 6.38. The van der Waals surface area contributed by atoms with E-state index in [4.69, 9.17) is 9.73 Å². The first kappa shape index (κ1) is 22.5. The molecule has 6 nitrogen and oxygen atoms in total. The van der Waals surface area contributed by atoms with Crippen LogP contribution in [0.25, 0.3) is 0 Å². The number of piperazine rings is 1. The highest BCUT2D eigenvalue weighted by Gasteiger charge is 2.21. The lowest BCUT2D eigenvalue weighted by molar-refractivity contribution is -0.130. The third-order valence-electron chi connectivity index (χ3n) is 4.28. The Bertz CT molecular complexity index is 601. The van der Waals surface area contributed by atoms with Gasteiger partial charge in [-0.05, 0) is 32.4 Å². The van der Waals surface area contributed by atoms with Crippen LogP contribution in [0.2, 0.25) is 0 Å². The summed E-state index contributed by atoms with van der Waals surface area (Å²) in [6.07, 6.45) is -0.00624. The standard InChI is InChI=1S/C19H30N4O2.HI/c1-5-20-19(23-12-10-22(11-13-23)17(4)24)21-14-16(3)25-18-9-7-6-8-15(18)2;/h6-9,16H,5,10-14H2,1-4H3,(H,20,21);1H. The molecule has 0 aromatic heterocycles. The molecule has 0 radical (unpaired) electrons. The number of hydrogen-bond acceptors (Lipinski definition) is 3. The Labute approximate surface area is 174 Å². The predicted octanol–water partition coefficient (Wildman–Crippen LogP) is 2.51. The lowest BCUT2D eigenvalue weighted by Crippen LogP contribution is -2.53. The van der Waals surface area contributed by atoms with E-state index in [1.54, 1.807) is 6.92 Å². The van der Waals surface area contributed by atoms with Gasteiger partial charge in [-0.2, -0.15) is 0 Å². The first-order valence-electron chi connectivity index (χ1n) is 9.02. The Balaban J connectivity index is 0.00000338. The summed E-state index contributed by atoms with van der Waals surface area (Å²) in [7, 11) is 0. The number of hydrogen-bond donors (Lipinski definition) is 1. The number of guanidine groups is 1. The van der Waals surface area contributed by atoms with Crippen molar-refractivity contribution in [3.63, 3.8) is 0 Å². The largest absolute Gasteiger partial charge is 0.489 e. The summed E-state index contributed by atoms with van der Waals surface area (Å²) in [5, 5.41) is 3.34. The van der Waals surface area contributed by atoms with Gasteiger partial charge in [-0.15, -0.1) is 24.0 Å². The molecule has 26 heavy (non-hydrogen) atoms. The maximum Gasteiger partial charge on any atom is 0.219 e. The molecule has 1 atom stereocenters. The zero-order chi connectivity index (χ0) is 18.2. The van der Waals surface area contributed by atoms with Crippen LogP contribution in [-0.4, -0.2) is 67.0 Å². The van der Waals surface area contributed by atoms with Crippen molar-refractivity contribution in [1.29, 1.82) is 0 Å². The van der Waals surface area contributed by atoms with Crippen LogP contribution in [0.5, 0.6) is 5.75 Å². The van der Waals surface area contributed by atoms with Crippen LogP contribution in [0.4, 0.5) is 0 Å². The van der Waals surface area contributed by atoms with Crippen molar-refractivity contribution in [2.24, 2.45) is 4.99 Å². The fraction of sp³-hybridized carbons (Fsp3) is 0.579. The van der Waals surface area contributed by atoms with E-state index in [1.807, 2.05) is 43.0 Å². The van der Waals surface area contributed by atoms with Gasteiger partial charge in [-0.1, -0.05) is 18.2 Å². The van der Waals surface area contributed by atoms with E-state index in [-0.39, 0.29) is 36.0 Å². The maximum atomic E-state index is 11.5.